The fourth-order valence-corrected chi connectivity index (χ4v) is 1.96. The minimum absolute atomic E-state index is 0.0632. The number of carbonyl (C=O) groups is 1. The topological polar surface area (TPSA) is 68.6 Å². The van der Waals surface area contributed by atoms with Crippen LogP contribution in [0.4, 0.5) is 4.39 Å². The van der Waals surface area contributed by atoms with Crippen molar-refractivity contribution in [1.29, 1.82) is 5.26 Å². The van der Waals surface area contributed by atoms with Crippen LogP contribution in [0, 0.1) is 17.1 Å². The van der Waals surface area contributed by atoms with Gasteiger partial charge in [0.2, 0.25) is 0 Å². The van der Waals surface area contributed by atoms with Crippen LogP contribution in [0.15, 0.2) is 48.5 Å². The van der Waals surface area contributed by atoms with Gasteiger partial charge >= 0.3 is 5.97 Å². The summed E-state index contributed by atoms with van der Waals surface area (Å²) in [6.45, 7) is -0.0189. The molecule has 0 radical (unpaired) electrons. The Morgan fingerprint density at radius 3 is 2.64 bits per heavy atom. The van der Waals surface area contributed by atoms with Crippen LogP contribution < -0.4 is 9.47 Å². The van der Waals surface area contributed by atoms with Gasteiger partial charge < -0.3 is 14.2 Å². The monoisotopic (exact) mass is 341 g/mol. The summed E-state index contributed by atoms with van der Waals surface area (Å²) in [6.07, 6.45) is 2.86. The van der Waals surface area contributed by atoms with Crippen LogP contribution in [0.5, 0.6) is 11.5 Å². The zero-order valence-corrected chi connectivity index (χ0v) is 13.6. The van der Waals surface area contributed by atoms with Crippen molar-refractivity contribution in [3.05, 3.63) is 65.5 Å². The van der Waals surface area contributed by atoms with Crippen LogP contribution >= 0.6 is 0 Å². The molecule has 128 valence electrons. The van der Waals surface area contributed by atoms with Crippen LogP contribution in [0.3, 0.4) is 0 Å². The highest BCUT2D eigenvalue weighted by Gasteiger charge is 2.05. The molecule has 0 amide bonds. The maximum Gasteiger partial charge on any atom is 0.331 e. The molecule has 0 aromatic heterocycles. The Kier molecular flexibility index (Phi) is 6.55. The van der Waals surface area contributed by atoms with Crippen molar-refractivity contribution < 1.29 is 23.4 Å². The van der Waals surface area contributed by atoms with Crippen molar-refractivity contribution in [3.8, 4) is 17.6 Å². The van der Waals surface area contributed by atoms with E-state index in [4.69, 9.17) is 19.5 Å². The summed E-state index contributed by atoms with van der Waals surface area (Å²) < 4.78 is 28.3. The molecule has 0 N–H and O–H groups in total. The molecule has 0 aliphatic heterocycles. The van der Waals surface area contributed by atoms with Crippen molar-refractivity contribution in [2.45, 2.75) is 6.61 Å². The predicted octanol–water partition coefficient (Wildman–Crippen LogP) is 3.49. The summed E-state index contributed by atoms with van der Waals surface area (Å²) in [5.74, 6) is 0.0383. The number of carbonyl (C=O) groups excluding carboxylic acids is 1. The number of nitriles is 1. The van der Waals surface area contributed by atoms with Crippen LogP contribution in [0.25, 0.3) is 6.08 Å². The van der Waals surface area contributed by atoms with Crippen LogP contribution in [-0.2, 0) is 16.1 Å². The first-order valence-electron chi connectivity index (χ1n) is 7.39. The summed E-state index contributed by atoms with van der Waals surface area (Å²) in [6, 6.07) is 12.6. The summed E-state index contributed by atoms with van der Waals surface area (Å²) in [5.41, 5.74) is 1.41. The number of nitrogens with zero attached hydrogens (tertiary/aromatic N) is 1. The largest absolute Gasteiger partial charge is 0.493 e. The van der Waals surface area contributed by atoms with Gasteiger partial charge in [-0.25, -0.2) is 9.18 Å². The Bertz CT molecular complexity index is 794. The highest BCUT2D eigenvalue weighted by atomic mass is 19.1. The standard InChI is InChI=1S/C19H16FNO4/c1-23-18-12-14(4-8-17(18)24-11-10-21)5-9-19(22)25-13-15-2-6-16(20)7-3-15/h2-9,12H,11,13H2,1H3. The number of halogens is 1. The number of benzene rings is 2. The molecule has 0 bridgehead atoms. The first kappa shape index (κ1) is 18.0. The Morgan fingerprint density at radius 2 is 1.96 bits per heavy atom. The molecule has 0 atom stereocenters. The van der Waals surface area contributed by atoms with Gasteiger partial charge in [-0.05, 0) is 41.5 Å². The van der Waals surface area contributed by atoms with E-state index >= 15 is 0 Å². The zero-order chi connectivity index (χ0) is 18.1. The quantitative estimate of drug-likeness (QED) is 0.569. The van der Waals surface area contributed by atoms with Crippen LogP contribution in [-0.4, -0.2) is 19.7 Å². The van der Waals surface area contributed by atoms with E-state index in [0.717, 1.165) is 0 Å². The van der Waals surface area contributed by atoms with Crippen LogP contribution in [0.1, 0.15) is 11.1 Å². The van der Waals surface area contributed by atoms with E-state index in [2.05, 4.69) is 0 Å². The molecule has 2 aromatic rings. The second kappa shape index (κ2) is 9.08. The molecule has 25 heavy (non-hydrogen) atoms. The molecule has 0 heterocycles. The third-order valence-corrected chi connectivity index (χ3v) is 3.19. The first-order chi connectivity index (χ1) is 12.1. The van der Waals surface area contributed by atoms with Gasteiger partial charge in [0.25, 0.3) is 0 Å². The van der Waals surface area contributed by atoms with Gasteiger partial charge in [0.1, 0.15) is 18.5 Å². The van der Waals surface area contributed by atoms with Crippen molar-refractivity contribution in [2.75, 3.05) is 13.7 Å². The average Bonchev–Trinajstić information content (AvgIpc) is 2.64. The molecule has 6 heteroatoms. The fraction of sp³-hybridized carbons (Fsp3) is 0.158. The molecule has 0 saturated heterocycles. The lowest BCUT2D eigenvalue weighted by Crippen LogP contribution is -2.00. The third kappa shape index (κ3) is 5.66. The van der Waals surface area contributed by atoms with Crippen LogP contribution in [0.2, 0.25) is 0 Å². The summed E-state index contributed by atoms with van der Waals surface area (Å²) in [5, 5.41) is 8.54. The molecule has 0 aliphatic rings. The van der Waals surface area contributed by atoms with E-state index in [-0.39, 0.29) is 19.0 Å². The second-order valence-electron chi connectivity index (χ2n) is 4.92. The molecule has 0 saturated carbocycles. The maximum absolute atomic E-state index is 12.8. The molecular formula is C19H16FNO4. The van der Waals surface area contributed by atoms with Crippen molar-refractivity contribution in [1.82, 2.24) is 0 Å². The molecule has 0 fully saturated rings. The number of hydrogen-bond acceptors (Lipinski definition) is 5. The Morgan fingerprint density at radius 1 is 1.20 bits per heavy atom. The van der Waals surface area contributed by atoms with E-state index in [9.17, 15) is 9.18 Å². The highest BCUT2D eigenvalue weighted by molar-refractivity contribution is 5.87. The zero-order valence-electron chi connectivity index (χ0n) is 13.6. The number of esters is 1. The van der Waals surface area contributed by atoms with Gasteiger partial charge in [0.15, 0.2) is 18.1 Å². The number of ether oxygens (including phenoxy) is 3. The normalized spacial score (nSPS) is 10.3. The third-order valence-electron chi connectivity index (χ3n) is 3.19. The fourth-order valence-electron chi connectivity index (χ4n) is 1.96. The van der Waals surface area contributed by atoms with E-state index < -0.39 is 5.97 Å². The van der Waals surface area contributed by atoms with E-state index in [1.165, 1.54) is 25.3 Å². The summed E-state index contributed by atoms with van der Waals surface area (Å²) >= 11 is 0. The molecule has 0 unspecified atom stereocenters. The van der Waals surface area contributed by atoms with E-state index in [1.807, 2.05) is 6.07 Å². The van der Waals surface area contributed by atoms with Crippen molar-refractivity contribution in [2.24, 2.45) is 0 Å². The van der Waals surface area contributed by atoms with Gasteiger partial charge in [0.05, 0.1) is 7.11 Å². The van der Waals surface area contributed by atoms with E-state index in [1.54, 1.807) is 36.4 Å². The molecule has 2 aromatic carbocycles. The lowest BCUT2D eigenvalue weighted by Gasteiger charge is -2.08. The molecule has 0 spiro atoms. The molecule has 5 nitrogen and oxygen atoms in total. The lowest BCUT2D eigenvalue weighted by atomic mass is 10.2. The van der Waals surface area contributed by atoms with Gasteiger partial charge in [-0.3, -0.25) is 0 Å². The van der Waals surface area contributed by atoms with Gasteiger partial charge in [-0.1, -0.05) is 18.2 Å². The predicted molar refractivity (Wildman–Crippen MR) is 89.3 cm³/mol. The minimum Gasteiger partial charge on any atom is -0.493 e. The molecule has 2 rings (SSSR count). The van der Waals surface area contributed by atoms with Gasteiger partial charge in [0, 0.05) is 6.08 Å². The van der Waals surface area contributed by atoms with E-state index in [0.29, 0.717) is 22.6 Å². The number of methoxy groups -OCH3 is 1. The van der Waals surface area contributed by atoms with Crippen molar-refractivity contribution >= 4 is 12.0 Å². The number of hydrogen-bond donors (Lipinski definition) is 0. The SMILES string of the molecule is COc1cc(C=CC(=O)OCc2ccc(F)cc2)ccc1OCC#N. The molecular weight excluding hydrogens is 325 g/mol. The minimum atomic E-state index is -0.520. The van der Waals surface area contributed by atoms with Gasteiger partial charge in [-0.15, -0.1) is 0 Å². The first-order valence-corrected chi connectivity index (χ1v) is 7.39. The smallest absolute Gasteiger partial charge is 0.331 e. The summed E-state index contributed by atoms with van der Waals surface area (Å²) in [7, 11) is 1.49. The molecule has 0 aliphatic carbocycles. The lowest BCUT2D eigenvalue weighted by molar-refractivity contribution is -0.138. The summed E-state index contributed by atoms with van der Waals surface area (Å²) in [4.78, 5) is 11.7. The van der Waals surface area contributed by atoms with Gasteiger partial charge in [-0.2, -0.15) is 5.26 Å². The Hall–Kier alpha value is -3.33. The Balaban J connectivity index is 1.94. The van der Waals surface area contributed by atoms with Crippen molar-refractivity contribution in [3.63, 3.8) is 0 Å². The Labute approximate surface area is 144 Å². The second-order valence-corrected chi connectivity index (χ2v) is 4.92. The number of rotatable bonds is 7. The maximum atomic E-state index is 12.8. The average molecular weight is 341 g/mol. The highest BCUT2D eigenvalue weighted by Crippen LogP contribution is 2.28.